The van der Waals surface area contributed by atoms with E-state index in [1.807, 2.05) is 13.8 Å². The molecule has 2 N–H and O–H groups in total. The van der Waals surface area contributed by atoms with E-state index in [9.17, 15) is 9.18 Å². The number of nitrogens with one attached hydrogen (secondary N) is 2. The van der Waals surface area contributed by atoms with Gasteiger partial charge in [-0.25, -0.2) is 14.1 Å². The average Bonchev–Trinajstić information content (AvgIpc) is 3.00. The Morgan fingerprint density at radius 1 is 1.25 bits per heavy atom. The number of carbonyl (C=O) groups is 1. The highest BCUT2D eigenvalue weighted by Crippen LogP contribution is 2.19. The Bertz CT molecular complexity index is 683. The molecule has 0 aliphatic rings. The molecule has 0 saturated carbocycles. The van der Waals surface area contributed by atoms with Crippen molar-refractivity contribution in [3.05, 3.63) is 41.7 Å². The van der Waals surface area contributed by atoms with E-state index in [0.717, 1.165) is 13.0 Å². The lowest BCUT2D eigenvalue weighted by Gasteiger charge is -2.08. The van der Waals surface area contributed by atoms with E-state index in [1.165, 1.54) is 10.7 Å². The molecule has 130 valence electrons. The molecule has 2 rings (SSSR count). The van der Waals surface area contributed by atoms with Crippen LogP contribution in [-0.4, -0.2) is 40.3 Å². The Morgan fingerprint density at radius 2 is 2.00 bits per heavy atom. The molecule has 7 heteroatoms. The van der Waals surface area contributed by atoms with Crippen LogP contribution in [0.3, 0.4) is 0 Å². The summed E-state index contributed by atoms with van der Waals surface area (Å²) in [7, 11) is 0. The highest BCUT2D eigenvalue weighted by Gasteiger charge is 2.20. The van der Waals surface area contributed by atoms with Gasteiger partial charge in [-0.05, 0) is 25.1 Å². The molecule has 1 amide bonds. The van der Waals surface area contributed by atoms with Crippen molar-refractivity contribution in [2.75, 3.05) is 19.6 Å². The van der Waals surface area contributed by atoms with E-state index in [-0.39, 0.29) is 23.3 Å². The first kappa shape index (κ1) is 18.1. The van der Waals surface area contributed by atoms with Crippen LogP contribution in [-0.2, 0) is 0 Å². The van der Waals surface area contributed by atoms with Crippen LogP contribution in [0.5, 0.6) is 0 Å². The summed E-state index contributed by atoms with van der Waals surface area (Å²) in [6.07, 6.45) is 1.04. The predicted octanol–water partition coefficient (Wildman–Crippen LogP) is 2.26. The minimum atomic E-state index is -0.403. The zero-order valence-corrected chi connectivity index (χ0v) is 14.3. The Hall–Kier alpha value is -2.28. The number of benzene rings is 1. The Balaban J connectivity index is 2.16. The van der Waals surface area contributed by atoms with Crippen molar-refractivity contribution >= 4 is 5.91 Å². The largest absolute Gasteiger partial charge is 0.348 e. The van der Waals surface area contributed by atoms with Crippen LogP contribution in [0.4, 0.5) is 4.39 Å². The van der Waals surface area contributed by atoms with Crippen LogP contribution >= 0.6 is 0 Å². The highest BCUT2D eigenvalue weighted by molar-refractivity contribution is 5.90. The van der Waals surface area contributed by atoms with Crippen LogP contribution < -0.4 is 10.6 Å². The van der Waals surface area contributed by atoms with Gasteiger partial charge in [0.05, 0.1) is 0 Å². The van der Waals surface area contributed by atoms with Crippen LogP contribution in [0.15, 0.2) is 24.3 Å². The molecule has 2 aromatic rings. The molecule has 0 radical (unpaired) electrons. The number of aromatic nitrogens is 3. The predicted molar refractivity (Wildman–Crippen MR) is 90.9 cm³/mol. The van der Waals surface area contributed by atoms with Gasteiger partial charge in [-0.1, -0.05) is 32.9 Å². The number of nitrogens with zero attached hydrogens (tertiary/aromatic N) is 3. The van der Waals surface area contributed by atoms with Gasteiger partial charge in [-0.2, -0.15) is 0 Å². The maximum atomic E-state index is 14.1. The second-order valence-corrected chi connectivity index (χ2v) is 5.82. The molecule has 0 unspecified atom stereocenters. The molecular formula is C17H24FN5O. The lowest BCUT2D eigenvalue weighted by molar-refractivity contribution is 0.0943. The van der Waals surface area contributed by atoms with E-state index < -0.39 is 5.82 Å². The number of hydrogen-bond donors (Lipinski definition) is 2. The molecule has 0 fully saturated rings. The molecule has 0 aliphatic heterocycles. The summed E-state index contributed by atoms with van der Waals surface area (Å²) in [5.74, 6) is -0.151. The van der Waals surface area contributed by atoms with Crippen molar-refractivity contribution in [3.8, 4) is 5.69 Å². The summed E-state index contributed by atoms with van der Waals surface area (Å²) in [5, 5.41) is 10.2. The molecule has 0 spiro atoms. The van der Waals surface area contributed by atoms with Crippen molar-refractivity contribution in [2.45, 2.75) is 33.1 Å². The normalized spacial score (nSPS) is 11.0. The molecule has 1 aromatic heterocycles. The number of carbonyl (C=O) groups excluding carboxylic acids is 1. The molecular weight excluding hydrogens is 309 g/mol. The standard InChI is InChI=1S/C17H24FN5O/c1-4-9-19-10-11-20-17(24)15-21-16(12(2)3)23(22-15)14-8-6-5-7-13(14)18/h5-8,12,19H,4,9-11H2,1-3H3,(H,20,24). The molecule has 1 aromatic carbocycles. The van der Waals surface area contributed by atoms with Crippen LogP contribution in [0.2, 0.25) is 0 Å². The van der Waals surface area contributed by atoms with E-state index >= 15 is 0 Å². The number of amides is 1. The third-order valence-corrected chi connectivity index (χ3v) is 3.45. The number of para-hydroxylation sites is 1. The van der Waals surface area contributed by atoms with Crippen LogP contribution in [0, 0.1) is 5.82 Å². The van der Waals surface area contributed by atoms with Gasteiger partial charge in [0, 0.05) is 19.0 Å². The summed E-state index contributed by atoms with van der Waals surface area (Å²) in [6, 6.07) is 6.32. The van der Waals surface area contributed by atoms with Gasteiger partial charge in [-0.3, -0.25) is 4.79 Å². The maximum absolute atomic E-state index is 14.1. The fourth-order valence-electron chi connectivity index (χ4n) is 2.24. The Morgan fingerprint density at radius 3 is 2.67 bits per heavy atom. The van der Waals surface area contributed by atoms with Crippen LogP contribution in [0.1, 0.15) is 49.6 Å². The summed E-state index contributed by atoms with van der Waals surface area (Å²) in [5.41, 5.74) is 0.289. The zero-order chi connectivity index (χ0) is 17.5. The molecule has 0 atom stereocenters. The zero-order valence-electron chi connectivity index (χ0n) is 14.3. The van der Waals surface area contributed by atoms with Gasteiger partial charge in [0.15, 0.2) is 0 Å². The first-order chi connectivity index (χ1) is 11.5. The maximum Gasteiger partial charge on any atom is 0.291 e. The quantitative estimate of drug-likeness (QED) is 0.727. The summed E-state index contributed by atoms with van der Waals surface area (Å²) in [4.78, 5) is 16.5. The van der Waals surface area contributed by atoms with Crippen molar-refractivity contribution < 1.29 is 9.18 Å². The van der Waals surface area contributed by atoms with Gasteiger partial charge >= 0.3 is 0 Å². The monoisotopic (exact) mass is 333 g/mol. The van der Waals surface area contributed by atoms with Crippen molar-refractivity contribution in [1.29, 1.82) is 0 Å². The molecule has 1 heterocycles. The molecule has 6 nitrogen and oxygen atoms in total. The fraction of sp³-hybridized carbons (Fsp3) is 0.471. The third kappa shape index (κ3) is 4.38. The molecule has 24 heavy (non-hydrogen) atoms. The summed E-state index contributed by atoms with van der Waals surface area (Å²) < 4.78 is 15.5. The third-order valence-electron chi connectivity index (χ3n) is 3.45. The number of hydrogen-bond acceptors (Lipinski definition) is 4. The molecule has 0 aliphatic carbocycles. The SMILES string of the molecule is CCCNCCNC(=O)c1nc(C(C)C)n(-c2ccccc2F)n1. The second kappa shape index (κ2) is 8.54. The van der Waals surface area contributed by atoms with Crippen LogP contribution in [0.25, 0.3) is 5.69 Å². The minimum Gasteiger partial charge on any atom is -0.348 e. The fourth-order valence-corrected chi connectivity index (χ4v) is 2.24. The van der Waals surface area contributed by atoms with Gasteiger partial charge in [-0.15, -0.1) is 5.10 Å². The summed E-state index contributed by atoms with van der Waals surface area (Å²) in [6.45, 7) is 8.02. The topological polar surface area (TPSA) is 71.8 Å². The second-order valence-electron chi connectivity index (χ2n) is 5.82. The first-order valence-electron chi connectivity index (χ1n) is 8.25. The summed E-state index contributed by atoms with van der Waals surface area (Å²) >= 11 is 0. The highest BCUT2D eigenvalue weighted by atomic mass is 19.1. The van der Waals surface area contributed by atoms with E-state index in [4.69, 9.17) is 0 Å². The van der Waals surface area contributed by atoms with Crippen molar-refractivity contribution in [3.63, 3.8) is 0 Å². The smallest absolute Gasteiger partial charge is 0.291 e. The van der Waals surface area contributed by atoms with E-state index in [0.29, 0.717) is 18.9 Å². The van der Waals surface area contributed by atoms with Gasteiger partial charge in [0.25, 0.3) is 5.91 Å². The van der Waals surface area contributed by atoms with Gasteiger partial charge in [0.1, 0.15) is 17.3 Å². The van der Waals surface area contributed by atoms with Crippen molar-refractivity contribution in [1.82, 2.24) is 25.4 Å². The van der Waals surface area contributed by atoms with E-state index in [1.54, 1.807) is 18.2 Å². The Kier molecular flexibility index (Phi) is 6.43. The number of rotatable bonds is 8. The molecule has 0 bridgehead atoms. The lowest BCUT2D eigenvalue weighted by Crippen LogP contribution is -2.32. The average molecular weight is 333 g/mol. The van der Waals surface area contributed by atoms with E-state index in [2.05, 4.69) is 27.6 Å². The van der Waals surface area contributed by atoms with Gasteiger partial charge in [0.2, 0.25) is 5.82 Å². The first-order valence-corrected chi connectivity index (χ1v) is 8.25. The lowest BCUT2D eigenvalue weighted by atomic mass is 10.2. The molecule has 0 saturated heterocycles. The van der Waals surface area contributed by atoms with Crippen molar-refractivity contribution in [2.24, 2.45) is 0 Å². The van der Waals surface area contributed by atoms with Gasteiger partial charge < -0.3 is 10.6 Å². The minimum absolute atomic E-state index is 0.00452. The Labute approximate surface area is 141 Å². The number of halogens is 1.